The Labute approximate surface area is 230 Å². The molecule has 3 aromatic rings. The van der Waals surface area contributed by atoms with Gasteiger partial charge in [0.05, 0.1) is 17.5 Å². The van der Waals surface area contributed by atoms with Crippen molar-refractivity contribution in [1.29, 1.82) is 0 Å². The number of nitrogen functional groups attached to an aromatic ring is 1. The minimum Gasteiger partial charge on any atom is -0.465 e. The molecule has 0 fully saturated rings. The number of anilines is 1. The second-order valence-corrected chi connectivity index (χ2v) is 9.25. The van der Waals surface area contributed by atoms with Gasteiger partial charge < -0.3 is 15.4 Å². The molecule has 0 atom stereocenters. The highest BCUT2D eigenvalue weighted by molar-refractivity contribution is 6.05. The van der Waals surface area contributed by atoms with Crippen molar-refractivity contribution in [3.05, 3.63) is 64.8 Å². The summed E-state index contributed by atoms with van der Waals surface area (Å²) in [6, 6.07) is 12.0. The van der Waals surface area contributed by atoms with Crippen LogP contribution in [0.5, 0.6) is 0 Å². The van der Waals surface area contributed by atoms with Gasteiger partial charge in [0.2, 0.25) is 18.8 Å². The van der Waals surface area contributed by atoms with Gasteiger partial charge in [-0.1, -0.05) is 44.2 Å². The molecule has 40 heavy (non-hydrogen) atoms. The number of esters is 1. The molecule has 0 aliphatic carbocycles. The molecule has 0 radical (unpaired) electrons. The molecule has 0 bridgehead atoms. The zero-order chi connectivity index (χ0) is 29.4. The predicted octanol–water partition coefficient (Wildman–Crippen LogP) is 6.29. The van der Waals surface area contributed by atoms with E-state index in [0.717, 1.165) is 11.1 Å². The lowest BCUT2D eigenvalue weighted by Crippen LogP contribution is -2.39. The van der Waals surface area contributed by atoms with E-state index in [-0.39, 0.29) is 29.2 Å². The molecule has 1 amide bonds. The molecule has 7 nitrogen and oxygen atoms in total. The van der Waals surface area contributed by atoms with Crippen molar-refractivity contribution in [2.75, 3.05) is 12.3 Å². The molecule has 0 unspecified atom stereocenters. The van der Waals surface area contributed by atoms with Crippen molar-refractivity contribution in [3.8, 4) is 0 Å². The van der Waals surface area contributed by atoms with Crippen molar-refractivity contribution in [2.24, 2.45) is 0 Å². The predicted molar refractivity (Wildman–Crippen MR) is 144 cm³/mol. The van der Waals surface area contributed by atoms with E-state index in [1.165, 1.54) is 18.2 Å². The van der Waals surface area contributed by atoms with Gasteiger partial charge in [0, 0.05) is 31.3 Å². The van der Waals surface area contributed by atoms with Gasteiger partial charge in [0.1, 0.15) is 5.69 Å². The summed E-state index contributed by atoms with van der Waals surface area (Å²) in [4.78, 5) is 36.7. The van der Waals surface area contributed by atoms with E-state index < -0.39 is 55.8 Å². The summed E-state index contributed by atoms with van der Waals surface area (Å²) in [5, 5.41) is 0.237. The molecule has 0 spiro atoms. The van der Waals surface area contributed by atoms with Crippen LogP contribution in [-0.4, -0.2) is 46.2 Å². The third kappa shape index (κ3) is 6.68. The third-order valence-electron chi connectivity index (χ3n) is 6.84. The summed E-state index contributed by atoms with van der Waals surface area (Å²) >= 11 is 0. The topological polar surface area (TPSA) is 98.4 Å². The normalized spacial score (nSPS) is 12.9. The van der Waals surface area contributed by atoms with E-state index >= 15 is 0 Å². The Morgan fingerprint density at radius 3 is 2.08 bits per heavy atom. The highest BCUT2D eigenvalue weighted by atomic mass is 19.3. The van der Waals surface area contributed by atoms with Crippen LogP contribution in [0.15, 0.2) is 42.5 Å². The second kappa shape index (κ2) is 13.5. The first-order valence-corrected chi connectivity index (χ1v) is 13.3. The zero-order valence-electron chi connectivity index (χ0n) is 22.8. The van der Waals surface area contributed by atoms with Gasteiger partial charge in [-0.25, -0.2) is 27.5 Å². The summed E-state index contributed by atoms with van der Waals surface area (Å²) in [5.41, 5.74) is 6.54. The van der Waals surface area contributed by atoms with Crippen molar-refractivity contribution >= 4 is 28.7 Å². The van der Waals surface area contributed by atoms with Gasteiger partial charge in [-0.3, -0.25) is 9.59 Å². The standard InChI is InChI=1S/C27H28F4N4O3.C2H6/c1-2-38-25(37)27(11-9-21(28)29,12-10-22(30)31)18-7-8-20-19(13-18)23(34-26(32)33-20)24(36)35-14-16-5-3-4-6-17(16)15-35;1-2/h3-8,13,21-22H,2,9-12,14-15H2,1H3,(H2,32,33,34);1-2H3. The largest absolute Gasteiger partial charge is 0.465 e. The molecule has 11 heteroatoms. The number of hydrogen-bond acceptors (Lipinski definition) is 6. The molecule has 1 aliphatic heterocycles. The molecule has 2 aromatic carbocycles. The molecule has 2 heterocycles. The number of carbonyl (C=O) groups is 2. The number of hydrogen-bond donors (Lipinski definition) is 1. The van der Waals surface area contributed by atoms with Crippen LogP contribution in [0.2, 0.25) is 0 Å². The van der Waals surface area contributed by atoms with Crippen molar-refractivity contribution < 1.29 is 31.9 Å². The van der Waals surface area contributed by atoms with Crippen molar-refractivity contribution in [2.45, 2.75) is 77.8 Å². The Hall–Kier alpha value is -3.76. The third-order valence-corrected chi connectivity index (χ3v) is 6.84. The summed E-state index contributed by atoms with van der Waals surface area (Å²) < 4.78 is 58.4. The van der Waals surface area contributed by atoms with E-state index in [9.17, 15) is 27.2 Å². The van der Waals surface area contributed by atoms with Crippen LogP contribution in [0.1, 0.15) is 73.6 Å². The zero-order valence-corrected chi connectivity index (χ0v) is 22.8. The molecular weight excluding hydrogens is 528 g/mol. The molecule has 4 rings (SSSR count). The first-order chi connectivity index (χ1) is 19.1. The summed E-state index contributed by atoms with van der Waals surface area (Å²) in [5.74, 6) is -1.45. The first kappa shape index (κ1) is 30.8. The Kier molecular flexibility index (Phi) is 10.4. The van der Waals surface area contributed by atoms with Gasteiger partial charge in [0.25, 0.3) is 5.91 Å². The number of rotatable bonds is 10. The van der Waals surface area contributed by atoms with E-state index in [1.54, 1.807) is 11.8 Å². The number of fused-ring (bicyclic) bond motifs is 2. The van der Waals surface area contributed by atoms with Crippen LogP contribution in [0.25, 0.3) is 10.9 Å². The number of nitrogens with zero attached hydrogens (tertiary/aromatic N) is 3. The quantitative estimate of drug-likeness (QED) is 0.231. The number of alkyl halides is 4. The molecule has 0 saturated carbocycles. The van der Waals surface area contributed by atoms with Crippen LogP contribution in [-0.2, 0) is 28.0 Å². The number of carbonyl (C=O) groups excluding carboxylic acids is 2. The number of ether oxygens (including phenoxy) is 1. The summed E-state index contributed by atoms with van der Waals surface area (Å²) in [7, 11) is 0. The van der Waals surface area contributed by atoms with Crippen molar-refractivity contribution in [1.82, 2.24) is 14.9 Å². The van der Waals surface area contributed by atoms with Crippen LogP contribution < -0.4 is 5.73 Å². The number of benzene rings is 2. The smallest absolute Gasteiger partial charge is 0.316 e. The molecule has 1 aromatic heterocycles. The number of nitrogens with two attached hydrogens (primary N) is 1. The minimum atomic E-state index is -2.76. The minimum absolute atomic E-state index is 0.0253. The molecule has 2 N–H and O–H groups in total. The van der Waals surface area contributed by atoms with Gasteiger partial charge in [-0.05, 0) is 48.6 Å². The highest BCUT2D eigenvalue weighted by Crippen LogP contribution is 2.39. The lowest BCUT2D eigenvalue weighted by Gasteiger charge is -2.32. The molecular formula is C29H34F4N4O3. The van der Waals surface area contributed by atoms with Crippen molar-refractivity contribution in [3.63, 3.8) is 0 Å². The fourth-order valence-electron chi connectivity index (χ4n) is 4.95. The Morgan fingerprint density at radius 1 is 0.975 bits per heavy atom. The van der Waals surface area contributed by atoms with Crippen LogP contribution in [0.4, 0.5) is 23.5 Å². The van der Waals surface area contributed by atoms with Gasteiger partial charge in [-0.2, -0.15) is 0 Å². The van der Waals surface area contributed by atoms with E-state index in [4.69, 9.17) is 10.5 Å². The lowest BCUT2D eigenvalue weighted by molar-refractivity contribution is -0.151. The van der Waals surface area contributed by atoms with Gasteiger partial charge in [-0.15, -0.1) is 0 Å². The van der Waals surface area contributed by atoms with Gasteiger partial charge in [0.15, 0.2) is 0 Å². The summed E-state index contributed by atoms with van der Waals surface area (Å²) in [6.07, 6.45) is -7.74. The lowest BCUT2D eigenvalue weighted by atomic mass is 9.72. The maximum Gasteiger partial charge on any atom is 0.316 e. The maximum absolute atomic E-state index is 13.6. The molecule has 1 aliphatic rings. The maximum atomic E-state index is 13.6. The Morgan fingerprint density at radius 2 is 1.55 bits per heavy atom. The fourth-order valence-corrected chi connectivity index (χ4v) is 4.95. The average molecular weight is 563 g/mol. The SMILES string of the molecule is CC.CCOC(=O)C(CCC(F)F)(CCC(F)F)c1ccc2nc(N)nc(C(=O)N3Cc4ccccc4C3)c2c1. The number of halogens is 4. The molecule has 216 valence electrons. The number of aromatic nitrogens is 2. The Balaban J connectivity index is 0.00000216. The Bertz CT molecular complexity index is 1300. The fraction of sp³-hybridized carbons (Fsp3) is 0.448. The second-order valence-electron chi connectivity index (χ2n) is 9.25. The average Bonchev–Trinajstić information content (AvgIpc) is 3.38. The van der Waals surface area contributed by atoms with Crippen LogP contribution in [0, 0.1) is 0 Å². The van der Waals surface area contributed by atoms with Gasteiger partial charge >= 0.3 is 5.97 Å². The van der Waals surface area contributed by atoms with E-state index in [1.807, 2.05) is 38.1 Å². The van der Waals surface area contributed by atoms with E-state index in [2.05, 4.69) is 9.97 Å². The van der Waals surface area contributed by atoms with E-state index in [0.29, 0.717) is 18.6 Å². The monoisotopic (exact) mass is 562 g/mol. The number of amides is 1. The van der Waals surface area contributed by atoms with Crippen LogP contribution in [0.3, 0.4) is 0 Å². The summed E-state index contributed by atoms with van der Waals surface area (Å²) in [6.45, 7) is 6.20. The highest BCUT2D eigenvalue weighted by Gasteiger charge is 2.43. The van der Waals surface area contributed by atoms with Crippen LogP contribution >= 0.6 is 0 Å². The first-order valence-electron chi connectivity index (χ1n) is 13.3. The molecule has 0 saturated heterocycles.